The summed E-state index contributed by atoms with van der Waals surface area (Å²) in [7, 11) is 0. The van der Waals surface area contributed by atoms with Gasteiger partial charge in [-0.2, -0.15) is 0 Å². The Balaban J connectivity index is 2.26. The van der Waals surface area contributed by atoms with E-state index in [0.29, 0.717) is 18.0 Å². The molecule has 20 heavy (non-hydrogen) atoms. The molecule has 112 valence electrons. The Morgan fingerprint density at radius 1 is 1.25 bits per heavy atom. The van der Waals surface area contributed by atoms with Crippen LogP contribution in [0.15, 0.2) is 24.3 Å². The van der Waals surface area contributed by atoms with Gasteiger partial charge in [-0.1, -0.05) is 52.3 Å². The van der Waals surface area contributed by atoms with Crippen LogP contribution in [0.25, 0.3) is 0 Å². The standard InChI is InChI=1S/C18H30N2/c1-5-9-15-13-20(16(6-2)12-19-15)18-11-8-7-10-17(18)14(3)4/h7-8,10-11,14-16,19H,5-6,9,12-13H2,1-4H3. The molecule has 0 amide bonds. The van der Waals surface area contributed by atoms with Crippen LogP contribution in [0.2, 0.25) is 0 Å². The van der Waals surface area contributed by atoms with E-state index in [9.17, 15) is 0 Å². The largest absolute Gasteiger partial charge is 0.365 e. The minimum atomic E-state index is 0.586. The number of hydrogen-bond acceptors (Lipinski definition) is 2. The van der Waals surface area contributed by atoms with Crippen LogP contribution in [-0.2, 0) is 0 Å². The minimum absolute atomic E-state index is 0.586. The van der Waals surface area contributed by atoms with Gasteiger partial charge in [-0.05, 0) is 30.4 Å². The summed E-state index contributed by atoms with van der Waals surface area (Å²) in [5, 5.41) is 3.73. The molecule has 0 aliphatic carbocycles. The summed E-state index contributed by atoms with van der Waals surface area (Å²) in [6.07, 6.45) is 3.74. The summed E-state index contributed by atoms with van der Waals surface area (Å²) in [6, 6.07) is 10.2. The Labute approximate surface area is 124 Å². The van der Waals surface area contributed by atoms with E-state index < -0.39 is 0 Å². The van der Waals surface area contributed by atoms with Crippen molar-refractivity contribution >= 4 is 5.69 Å². The van der Waals surface area contributed by atoms with E-state index in [1.807, 2.05) is 0 Å². The Bertz CT molecular complexity index is 414. The molecule has 1 aromatic rings. The molecule has 2 atom stereocenters. The first-order valence-corrected chi connectivity index (χ1v) is 8.26. The molecule has 1 aliphatic rings. The van der Waals surface area contributed by atoms with Crippen molar-refractivity contribution in [3.8, 4) is 0 Å². The van der Waals surface area contributed by atoms with E-state index in [-0.39, 0.29) is 0 Å². The smallest absolute Gasteiger partial charge is 0.0412 e. The zero-order valence-electron chi connectivity index (χ0n) is 13.5. The number of anilines is 1. The van der Waals surface area contributed by atoms with Gasteiger partial charge in [-0.15, -0.1) is 0 Å². The SMILES string of the molecule is CCCC1CN(c2ccccc2C(C)C)C(CC)CN1. The van der Waals surface area contributed by atoms with Crippen LogP contribution in [0.3, 0.4) is 0 Å². The Kier molecular flexibility index (Phi) is 5.47. The molecule has 1 N–H and O–H groups in total. The quantitative estimate of drug-likeness (QED) is 0.867. The maximum Gasteiger partial charge on any atom is 0.0412 e. The van der Waals surface area contributed by atoms with Crippen molar-refractivity contribution in [3.05, 3.63) is 29.8 Å². The highest BCUT2D eigenvalue weighted by molar-refractivity contribution is 5.56. The van der Waals surface area contributed by atoms with E-state index in [1.54, 1.807) is 0 Å². The lowest BCUT2D eigenvalue weighted by atomic mass is 9.96. The summed E-state index contributed by atoms with van der Waals surface area (Å²) in [5.74, 6) is 0.586. The molecule has 1 aliphatic heterocycles. The highest BCUT2D eigenvalue weighted by Crippen LogP contribution is 2.30. The molecular formula is C18H30N2. The van der Waals surface area contributed by atoms with Gasteiger partial charge in [0.15, 0.2) is 0 Å². The summed E-state index contributed by atoms with van der Waals surface area (Å²) in [4.78, 5) is 2.66. The van der Waals surface area contributed by atoms with Gasteiger partial charge < -0.3 is 10.2 Å². The van der Waals surface area contributed by atoms with Crippen molar-refractivity contribution in [2.45, 2.75) is 65.0 Å². The van der Waals surface area contributed by atoms with E-state index in [4.69, 9.17) is 0 Å². The molecule has 1 aromatic carbocycles. The predicted octanol–water partition coefficient (Wildman–Crippen LogP) is 4.17. The number of hydrogen-bond donors (Lipinski definition) is 1. The molecule has 1 saturated heterocycles. The van der Waals surface area contributed by atoms with Gasteiger partial charge >= 0.3 is 0 Å². The van der Waals surface area contributed by atoms with E-state index in [1.165, 1.54) is 30.5 Å². The first kappa shape index (κ1) is 15.4. The van der Waals surface area contributed by atoms with Crippen LogP contribution < -0.4 is 10.2 Å². The molecule has 0 aromatic heterocycles. The van der Waals surface area contributed by atoms with Gasteiger partial charge in [0.05, 0.1) is 0 Å². The van der Waals surface area contributed by atoms with E-state index in [2.05, 4.69) is 62.2 Å². The number of nitrogens with zero attached hydrogens (tertiary/aromatic N) is 1. The average Bonchev–Trinajstić information content (AvgIpc) is 2.47. The summed E-state index contributed by atoms with van der Waals surface area (Å²) >= 11 is 0. The summed E-state index contributed by atoms with van der Waals surface area (Å²) < 4.78 is 0. The third kappa shape index (κ3) is 3.35. The second-order valence-electron chi connectivity index (χ2n) is 6.32. The maximum absolute atomic E-state index is 3.73. The lowest BCUT2D eigenvalue weighted by Gasteiger charge is -2.43. The second-order valence-corrected chi connectivity index (χ2v) is 6.32. The number of piperazine rings is 1. The van der Waals surface area contributed by atoms with Crippen LogP contribution in [0.1, 0.15) is 58.4 Å². The van der Waals surface area contributed by atoms with Crippen molar-refractivity contribution in [1.29, 1.82) is 0 Å². The van der Waals surface area contributed by atoms with Gasteiger partial charge in [0.1, 0.15) is 0 Å². The fourth-order valence-corrected chi connectivity index (χ4v) is 3.30. The fraction of sp³-hybridized carbons (Fsp3) is 0.667. The lowest BCUT2D eigenvalue weighted by molar-refractivity contribution is 0.368. The number of para-hydroxylation sites is 1. The summed E-state index contributed by atoms with van der Waals surface area (Å²) in [6.45, 7) is 11.4. The molecule has 0 saturated carbocycles. The van der Waals surface area contributed by atoms with Gasteiger partial charge in [0, 0.05) is 30.9 Å². The van der Waals surface area contributed by atoms with E-state index in [0.717, 1.165) is 13.1 Å². The predicted molar refractivity (Wildman–Crippen MR) is 88.7 cm³/mol. The van der Waals surface area contributed by atoms with Crippen molar-refractivity contribution in [3.63, 3.8) is 0 Å². The molecule has 2 unspecified atom stereocenters. The molecule has 0 radical (unpaired) electrons. The third-order valence-electron chi connectivity index (χ3n) is 4.48. The van der Waals surface area contributed by atoms with Gasteiger partial charge in [0.2, 0.25) is 0 Å². The first-order valence-electron chi connectivity index (χ1n) is 8.26. The Hall–Kier alpha value is -1.02. The minimum Gasteiger partial charge on any atom is -0.365 e. The van der Waals surface area contributed by atoms with Gasteiger partial charge in [-0.3, -0.25) is 0 Å². The van der Waals surface area contributed by atoms with Crippen LogP contribution in [0, 0.1) is 0 Å². The molecule has 2 heteroatoms. The topological polar surface area (TPSA) is 15.3 Å². The molecule has 1 fully saturated rings. The van der Waals surface area contributed by atoms with Crippen molar-refractivity contribution in [1.82, 2.24) is 5.32 Å². The highest BCUT2D eigenvalue weighted by atomic mass is 15.2. The van der Waals surface area contributed by atoms with Crippen LogP contribution in [0.4, 0.5) is 5.69 Å². The molecule has 0 bridgehead atoms. The van der Waals surface area contributed by atoms with Gasteiger partial charge in [0.25, 0.3) is 0 Å². The molecule has 2 nitrogen and oxygen atoms in total. The summed E-state index contributed by atoms with van der Waals surface area (Å²) in [5.41, 5.74) is 2.94. The lowest BCUT2D eigenvalue weighted by Crippen LogP contribution is -2.56. The Morgan fingerprint density at radius 3 is 2.65 bits per heavy atom. The second kappa shape index (κ2) is 7.12. The average molecular weight is 274 g/mol. The monoisotopic (exact) mass is 274 g/mol. The van der Waals surface area contributed by atoms with Crippen LogP contribution in [0.5, 0.6) is 0 Å². The zero-order chi connectivity index (χ0) is 14.5. The molecule has 0 spiro atoms. The molecule has 1 heterocycles. The van der Waals surface area contributed by atoms with E-state index >= 15 is 0 Å². The van der Waals surface area contributed by atoms with Crippen molar-refractivity contribution < 1.29 is 0 Å². The fourth-order valence-electron chi connectivity index (χ4n) is 3.30. The third-order valence-corrected chi connectivity index (χ3v) is 4.48. The molecular weight excluding hydrogens is 244 g/mol. The van der Waals surface area contributed by atoms with Crippen LogP contribution in [-0.4, -0.2) is 25.2 Å². The zero-order valence-corrected chi connectivity index (χ0v) is 13.5. The number of benzene rings is 1. The maximum atomic E-state index is 3.73. The highest BCUT2D eigenvalue weighted by Gasteiger charge is 2.27. The molecule has 2 rings (SSSR count). The van der Waals surface area contributed by atoms with Crippen LogP contribution >= 0.6 is 0 Å². The van der Waals surface area contributed by atoms with Gasteiger partial charge in [-0.25, -0.2) is 0 Å². The Morgan fingerprint density at radius 2 is 2.00 bits per heavy atom. The van der Waals surface area contributed by atoms with Crippen molar-refractivity contribution in [2.75, 3.05) is 18.0 Å². The number of rotatable bonds is 5. The normalized spacial score (nSPS) is 23.4. The van der Waals surface area contributed by atoms with Crippen molar-refractivity contribution in [2.24, 2.45) is 0 Å². The first-order chi connectivity index (χ1) is 9.67. The number of nitrogens with one attached hydrogen (secondary N) is 1.